The zero-order valence-corrected chi connectivity index (χ0v) is 38.1. The fourth-order valence-electron chi connectivity index (χ4n) is 13.2. The van der Waals surface area contributed by atoms with E-state index in [0.717, 1.165) is 18.3 Å². The summed E-state index contributed by atoms with van der Waals surface area (Å²) in [4.78, 5) is 117. The summed E-state index contributed by atoms with van der Waals surface area (Å²) in [6.07, 6.45) is 0. The van der Waals surface area contributed by atoms with Gasteiger partial charge in [0.25, 0.3) is 44.5 Å². The highest BCUT2D eigenvalue weighted by atomic mass is 35.5. The quantitative estimate of drug-likeness (QED) is 0.108. The van der Waals surface area contributed by atoms with Crippen molar-refractivity contribution in [2.75, 3.05) is 0 Å². The van der Waals surface area contributed by atoms with Crippen molar-refractivity contribution in [3.63, 3.8) is 0 Å². The number of nitrogens with zero attached hydrogens (tertiary/aromatic N) is 4. The molecule has 0 saturated heterocycles. The van der Waals surface area contributed by atoms with Crippen LogP contribution in [0.5, 0.6) is 0 Å². The number of pyridine rings is 4. The van der Waals surface area contributed by atoms with Gasteiger partial charge in [0.15, 0.2) is 0 Å². The van der Waals surface area contributed by atoms with E-state index in [1.54, 1.807) is 12.1 Å². The molecule has 12 nitrogen and oxygen atoms in total. The topological polar surface area (TPSA) is 156 Å². The molecule has 0 N–H and O–H groups in total. The lowest BCUT2D eigenvalue weighted by Gasteiger charge is -2.29. The standard InChI is InChI=1S/C52H18Cl4N4O8/c1-57-45(61)13-5-11-25-35-23(13)15(47(57)63)7-19(53)31(35)33-21(55)9-18-30-37(33)39(25)42-28(44(30)52(68)60(4)50(18)66)12-6-14-24-16(48(64)58(2)46(14)62)8-20(54)32-34-22(56)10-17-29-38(34)40(26(12)36(24)32)41(42)27(11)43(29)51(67)59(3)49(17)65/h5-10H,1-4H3. The molecule has 0 atom stereocenters. The predicted octanol–water partition coefficient (Wildman–Crippen LogP) is 8.77. The Labute approximate surface area is 391 Å². The lowest BCUT2D eigenvalue weighted by molar-refractivity contribution is 0.841. The zero-order valence-electron chi connectivity index (χ0n) is 35.0. The molecular weight excluding hydrogens is 950 g/mol. The Bertz CT molecular complexity index is 5430. The third kappa shape index (κ3) is 3.46. The summed E-state index contributed by atoms with van der Waals surface area (Å²) in [7, 11) is 5.50. The molecule has 12 aromatic carbocycles. The summed E-state index contributed by atoms with van der Waals surface area (Å²) in [5.41, 5.74) is -5.00. The second kappa shape index (κ2) is 10.9. The van der Waals surface area contributed by atoms with Crippen molar-refractivity contribution in [3.05, 3.63) is 139 Å². The van der Waals surface area contributed by atoms with Crippen molar-refractivity contribution < 1.29 is 0 Å². The number of hydrogen-bond donors (Lipinski definition) is 0. The minimum atomic E-state index is -0.664. The normalized spacial score (nSPS) is 13.5. The van der Waals surface area contributed by atoms with Crippen LogP contribution >= 0.6 is 46.4 Å². The van der Waals surface area contributed by atoms with Gasteiger partial charge in [-0.25, -0.2) is 0 Å². The van der Waals surface area contributed by atoms with Gasteiger partial charge in [-0.15, -0.1) is 0 Å². The molecule has 16 rings (SSSR count). The maximum Gasteiger partial charge on any atom is 0.261 e. The highest BCUT2D eigenvalue weighted by Gasteiger charge is 2.37. The van der Waals surface area contributed by atoms with Gasteiger partial charge in [0, 0.05) is 156 Å². The first-order valence-electron chi connectivity index (χ1n) is 21.2. The summed E-state index contributed by atoms with van der Waals surface area (Å²) >= 11 is 29.5. The Balaban J connectivity index is 1.47. The number of aromatic nitrogens is 4. The summed E-state index contributed by atoms with van der Waals surface area (Å²) in [6.45, 7) is 0. The largest absolute Gasteiger partial charge is 0.277 e. The van der Waals surface area contributed by atoms with Crippen LogP contribution in [0.1, 0.15) is 0 Å². The van der Waals surface area contributed by atoms with Crippen LogP contribution in [0, 0.1) is 0 Å². The van der Waals surface area contributed by atoms with Crippen molar-refractivity contribution in [3.8, 4) is 0 Å². The molecule has 0 radical (unpaired) electrons. The van der Waals surface area contributed by atoms with E-state index in [1.807, 2.05) is 0 Å². The number of rotatable bonds is 0. The monoisotopic (exact) mass is 966 g/mol. The van der Waals surface area contributed by atoms with Gasteiger partial charge in [-0.1, -0.05) is 46.4 Å². The number of halogens is 4. The predicted molar refractivity (Wildman–Crippen MR) is 276 cm³/mol. The molecule has 0 fully saturated rings. The van der Waals surface area contributed by atoms with Gasteiger partial charge >= 0.3 is 0 Å². The van der Waals surface area contributed by atoms with Gasteiger partial charge in [-0.3, -0.25) is 56.6 Å². The van der Waals surface area contributed by atoms with E-state index in [0.29, 0.717) is 108 Å². The molecule has 0 saturated carbocycles. The average Bonchev–Trinajstić information content (AvgIpc) is 3.32. The SMILES string of the molecule is Cn1c(=O)c2cc(Cl)c3c4c(Cl)cc5c(=O)n(C)c(=O)c6c5c4c4c5c(cc(c1=O)c2c35)c1c2c(=O)n(C)c(=O)c3cc(Cl)c5c7c(Cl)cc8c(=O)n(C)c(=O)c9cc%10c6c4c1c(c%10c7c89)c5c32. The highest BCUT2D eigenvalue weighted by Crippen LogP contribution is 2.61. The fourth-order valence-corrected chi connectivity index (χ4v) is 14.4. The highest BCUT2D eigenvalue weighted by molar-refractivity contribution is 6.64. The van der Waals surface area contributed by atoms with E-state index in [1.165, 1.54) is 52.5 Å². The van der Waals surface area contributed by atoms with Crippen molar-refractivity contribution in [2.24, 2.45) is 28.2 Å². The van der Waals surface area contributed by atoms with Gasteiger partial charge in [0.05, 0.1) is 32.3 Å². The van der Waals surface area contributed by atoms with Crippen molar-refractivity contribution >= 4 is 208 Å². The first kappa shape index (κ1) is 37.6. The van der Waals surface area contributed by atoms with E-state index in [-0.39, 0.29) is 74.0 Å². The summed E-state index contributed by atoms with van der Waals surface area (Å²) in [5, 5.41) is 9.83. The molecular formula is C52H18Cl4N4O8. The second-order valence-corrected chi connectivity index (χ2v) is 20.1. The van der Waals surface area contributed by atoms with Gasteiger partial charge in [-0.2, -0.15) is 0 Å². The van der Waals surface area contributed by atoms with Gasteiger partial charge in [0.2, 0.25) is 0 Å². The molecule has 16 heteroatoms. The van der Waals surface area contributed by atoms with E-state index in [4.69, 9.17) is 46.4 Å². The van der Waals surface area contributed by atoms with Gasteiger partial charge in [0.1, 0.15) is 0 Å². The molecule has 16 aromatic rings. The van der Waals surface area contributed by atoms with E-state index >= 15 is 9.59 Å². The zero-order chi connectivity index (χ0) is 46.8. The van der Waals surface area contributed by atoms with Gasteiger partial charge < -0.3 is 0 Å². The minimum Gasteiger partial charge on any atom is -0.277 e. The lowest BCUT2D eigenvalue weighted by Crippen LogP contribution is -2.31. The first-order valence-corrected chi connectivity index (χ1v) is 22.7. The molecule has 0 spiro atoms. The molecule has 0 unspecified atom stereocenters. The fraction of sp³-hybridized carbons (Fsp3) is 0.0769. The van der Waals surface area contributed by atoms with Crippen molar-refractivity contribution in [1.29, 1.82) is 0 Å². The lowest BCUT2D eigenvalue weighted by atomic mass is 9.73. The van der Waals surface area contributed by atoms with Crippen LogP contribution in [0.2, 0.25) is 20.1 Å². The number of benzene rings is 12. The minimum absolute atomic E-state index is 0.104. The molecule has 0 aliphatic carbocycles. The van der Waals surface area contributed by atoms with Crippen LogP contribution in [-0.2, 0) is 28.2 Å². The van der Waals surface area contributed by atoms with Crippen LogP contribution < -0.4 is 44.5 Å². The molecule has 0 bridgehead atoms. The van der Waals surface area contributed by atoms with Crippen molar-refractivity contribution in [1.82, 2.24) is 18.3 Å². The second-order valence-electron chi connectivity index (χ2n) is 18.5. The first-order chi connectivity index (χ1) is 32.5. The van der Waals surface area contributed by atoms with Crippen molar-refractivity contribution in [2.45, 2.75) is 0 Å². The Morgan fingerprint density at radius 2 is 0.412 bits per heavy atom. The van der Waals surface area contributed by atoms with E-state index in [9.17, 15) is 28.8 Å². The smallest absolute Gasteiger partial charge is 0.261 e. The Morgan fingerprint density at radius 1 is 0.221 bits per heavy atom. The Morgan fingerprint density at radius 3 is 0.706 bits per heavy atom. The molecule has 322 valence electrons. The van der Waals surface area contributed by atoms with Crippen LogP contribution in [-0.4, -0.2) is 18.3 Å². The molecule has 0 aliphatic heterocycles. The maximum absolute atomic E-state index is 15.4. The number of fused-ring (bicyclic) bond motifs is 6. The molecule has 0 amide bonds. The summed E-state index contributed by atoms with van der Waals surface area (Å²) < 4.78 is 4.04. The maximum atomic E-state index is 15.4. The van der Waals surface area contributed by atoms with Crippen LogP contribution in [0.25, 0.3) is 162 Å². The summed E-state index contributed by atoms with van der Waals surface area (Å²) in [5.74, 6) is 0. The molecule has 4 heterocycles. The van der Waals surface area contributed by atoms with E-state index in [2.05, 4.69) is 0 Å². The van der Waals surface area contributed by atoms with Crippen LogP contribution in [0.3, 0.4) is 0 Å². The van der Waals surface area contributed by atoms with Gasteiger partial charge in [-0.05, 0) is 57.9 Å². The van der Waals surface area contributed by atoms with Crippen LogP contribution in [0.15, 0.2) is 74.8 Å². The molecule has 4 aromatic heterocycles. The third-order valence-electron chi connectivity index (χ3n) is 15.8. The number of hydrogen-bond acceptors (Lipinski definition) is 8. The molecule has 0 aliphatic rings. The average molecular weight is 969 g/mol. The summed E-state index contributed by atoms with van der Waals surface area (Å²) in [6, 6.07) is 9.35. The Kier molecular flexibility index (Phi) is 6.05. The molecule has 68 heavy (non-hydrogen) atoms. The van der Waals surface area contributed by atoms with Crippen LogP contribution in [0.4, 0.5) is 0 Å². The van der Waals surface area contributed by atoms with E-state index < -0.39 is 44.5 Å². The third-order valence-corrected chi connectivity index (χ3v) is 17.0. The Hall–Kier alpha value is -7.48.